The smallest absolute Gasteiger partial charge is 0.234 e. The number of nitrogens with one attached hydrogen (secondary N) is 2. The predicted molar refractivity (Wildman–Crippen MR) is 87.4 cm³/mol. The molecule has 1 heterocycles. The van der Waals surface area contributed by atoms with Gasteiger partial charge < -0.3 is 10.6 Å². The van der Waals surface area contributed by atoms with Gasteiger partial charge in [0, 0.05) is 19.2 Å². The lowest BCUT2D eigenvalue weighted by Gasteiger charge is -2.29. The van der Waals surface area contributed by atoms with Crippen LogP contribution in [0.1, 0.15) is 32.3 Å². The first-order valence-electron chi connectivity index (χ1n) is 7.88. The molecule has 0 radical (unpaired) electrons. The van der Waals surface area contributed by atoms with E-state index in [1.165, 1.54) is 19.8 Å². The molecule has 0 spiro atoms. The Balaban J connectivity index is 1.77. The third-order valence-corrected chi connectivity index (χ3v) is 3.98. The van der Waals surface area contributed by atoms with Gasteiger partial charge in [-0.1, -0.05) is 19.1 Å². The molecule has 0 saturated carbocycles. The van der Waals surface area contributed by atoms with Gasteiger partial charge in [-0.3, -0.25) is 14.5 Å². The summed E-state index contributed by atoms with van der Waals surface area (Å²) in [6.07, 6.45) is 2.35. The number of nitrogens with zero attached hydrogens (tertiary/aromatic N) is 1. The van der Waals surface area contributed by atoms with Crippen LogP contribution < -0.4 is 10.6 Å². The van der Waals surface area contributed by atoms with Crippen molar-refractivity contribution in [3.05, 3.63) is 29.8 Å². The van der Waals surface area contributed by atoms with Gasteiger partial charge in [0.25, 0.3) is 0 Å². The fourth-order valence-corrected chi connectivity index (χ4v) is 2.64. The molecule has 0 bridgehead atoms. The molecule has 1 aromatic carbocycles. The van der Waals surface area contributed by atoms with E-state index in [-0.39, 0.29) is 11.8 Å². The predicted octanol–water partition coefficient (Wildman–Crippen LogP) is 1.99. The summed E-state index contributed by atoms with van der Waals surface area (Å²) in [6.45, 7) is 6.71. The lowest BCUT2D eigenvalue weighted by Crippen LogP contribution is -2.41. The van der Waals surface area contributed by atoms with Crippen LogP contribution in [0.4, 0.5) is 5.69 Å². The Morgan fingerprint density at radius 1 is 1.27 bits per heavy atom. The highest BCUT2D eigenvalue weighted by molar-refractivity contribution is 5.88. The third kappa shape index (κ3) is 5.48. The molecule has 120 valence electrons. The fraction of sp³-hybridized carbons (Fsp3) is 0.529. The minimum absolute atomic E-state index is 0.0551. The molecule has 1 aromatic rings. The summed E-state index contributed by atoms with van der Waals surface area (Å²) in [6, 6.07) is 7.53. The maximum Gasteiger partial charge on any atom is 0.234 e. The minimum Gasteiger partial charge on any atom is -0.351 e. The molecule has 1 aliphatic heterocycles. The van der Waals surface area contributed by atoms with E-state index in [2.05, 4.69) is 22.5 Å². The highest BCUT2D eigenvalue weighted by atomic mass is 16.2. The monoisotopic (exact) mass is 303 g/mol. The Morgan fingerprint density at radius 2 is 2.00 bits per heavy atom. The number of amides is 2. The van der Waals surface area contributed by atoms with Crippen molar-refractivity contribution in [3.8, 4) is 0 Å². The molecule has 2 amide bonds. The van der Waals surface area contributed by atoms with E-state index in [9.17, 15) is 9.59 Å². The second-order valence-electron chi connectivity index (χ2n) is 6.12. The van der Waals surface area contributed by atoms with E-state index in [4.69, 9.17) is 0 Å². The molecule has 0 aliphatic carbocycles. The van der Waals surface area contributed by atoms with E-state index in [1.807, 2.05) is 24.3 Å². The van der Waals surface area contributed by atoms with Crippen molar-refractivity contribution in [3.63, 3.8) is 0 Å². The molecule has 5 nitrogen and oxygen atoms in total. The van der Waals surface area contributed by atoms with Crippen LogP contribution in [0.15, 0.2) is 24.3 Å². The van der Waals surface area contributed by atoms with E-state index in [1.54, 1.807) is 0 Å². The molecule has 0 unspecified atom stereocenters. The first-order valence-corrected chi connectivity index (χ1v) is 7.88. The molecule has 1 saturated heterocycles. The van der Waals surface area contributed by atoms with Crippen molar-refractivity contribution in [2.45, 2.75) is 33.2 Å². The second kappa shape index (κ2) is 7.94. The standard InChI is InChI=1S/C17H25N3O2/c1-13-6-8-20(9-7-13)12-17(22)18-11-15-4-3-5-16(10-15)19-14(2)21/h3-5,10,13H,6-9,11-12H2,1-2H3,(H,18,22)(H,19,21). The van der Waals surface area contributed by atoms with E-state index in [0.717, 1.165) is 30.3 Å². The average Bonchev–Trinajstić information content (AvgIpc) is 2.47. The van der Waals surface area contributed by atoms with Crippen molar-refractivity contribution in [1.29, 1.82) is 0 Å². The fourth-order valence-electron chi connectivity index (χ4n) is 2.64. The Labute approximate surface area is 132 Å². The number of rotatable bonds is 5. The summed E-state index contributed by atoms with van der Waals surface area (Å²) in [5.74, 6) is 0.732. The summed E-state index contributed by atoms with van der Waals surface area (Å²) in [5.41, 5.74) is 1.73. The van der Waals surface area contributed by atoms with Crippen molar-refractivity contribution in [2.24, 2.45) is 5.92 Å². The largest absolute Gasteiger partial charge is 0.351 e. The lowest BCUT2D eigenvalue weighted by molar-refractivity contribution is -0.122. The summed E-state index contributed by atoms with van der Waals surface area (Å²) in [4.78, 5) is 25.3. The van der Waals surface area contributed by atoms with Gasteiger partial charge in [0.15, 0.2) is 0 Å². The van der Waals surface area contributed by atoms with Crippen LogP contribution in [0.5, 0.6) is 0 Å². The number of anilines is 1. The quantitative estimate of drug-likeness (QED) is 0.874. The third-order valence-electron chi connectivity index (χ3n) is 3.98. The van der Waals surface area contributed by atoms with Crippen LogP contribution in [-0.2, 0) is 16.1 Å². The molecule has 2 N–H and O–H groups in total. The molecule has 5 heteroatoms. The number of piperidine rings is 1. The van der Waals surface area contributed by atoms with Crippen LogP contribution >= 0.6 is 0 Å². The molecule has 0 atom stereocenters. The van der Waals surface area contributed by atoms with E-state index in [0.29, 0.717) is 13.1 Å². The van der Waals surface area contributed by atoms with Gasteiger partial charge in [-0.15, -0.1) is 0 Å². The lowest BCUT2D eigenvalue weighted by atomic mass is 9.99. The zero-order valence-electron chi connectivity index (χ0n) is 13.4. The summed E-state index contributed by atoms with van der Waals surface area (Å²) >= 11 is 0. The SMILES string of the molecule is CC(=O)Nc1cccc(CNC(=O)CN2CCC(C)CC2)c1. The number of likely N-dealkylation sites (tertiary alicyclic amines) is 1. The van der Waals surface area contributed by atoms with E-state index < -0.39 is 0 Å². The topological polar surface area (TPSA) is 61.4 Å². The molecular weight excluding hydrogens is 278 g/mol. The van der Waals surface area contributed by atoms with Gasteiger partial charge >= 0.3 is 0 Å². The molecule has 2 rings (SSSR count). The normalized spacial score (nSPS) is 16.3. The van der Waals surface area contributed by atoms with Crippen molar-refractivity contribution >= 4 is 17.5 Å². The molecule has 1 fully saturated rings. The first-order chi connectivity index (χ1) is 10.5. The Bertz CT molecular complexity index is 522. The summed E-state index contributed by atoms with van der Waals surface area (Å²) in [5, 5.41) is 5.69. The van der Waals surface area contributed by atoms with Crippen LogP contribution in [0.3, 0.4) is 0 Å². The first kappa shape index (κ1) is 16.5. The van der Waals surface area contributed by atoms with Crippen LogP contribution in [0.25, 0.3) is 0 Å². The number of carbonyl (C=O) groups is 2. The maximum absolute atomic E-state index is 12.0. The van der Waals surface area contributed by atoms with Gasteiger partial charge in [-0.05, 0) is 49.5 Å². The van der Waals surface area contributed by atoms with Crippen molar-refractivity contribution in [1.82, 2.24) is 10.2 Å². The highest BCUT2D eigenvalue weighted by Gasteiger charge is 2.17. The van der Waals surface area contributed by atoms with Gasteiger partial charge in [0.05, 0.1) is 6.54 Å². The van der Waals surface area contributed by atoms with Crippen molar-refractivity contribution in [2.75, 3.05) is 25.0 Å². The van der Waals surface area contributed by atoms with E-state index >= 15 is 0 Å². The molecule has 0 aromatic heterocycles. The average molecular weight is 303 g/mol. The molecule has 22 heavy (non-hydrogen) atoms. The van der Waals surface area contributed by atoms with Crippen LogP contribution in [0, 0.1) is 5.92 Å². The number of carbonyl (C=O) groups excluding carboxylic acids is 2. The number of benzene rings is 1. The summed E-state index contributed by atoms with van der Waals surface area (Å²) < 4.78 is 0. The van der Waals surface area contributed by atoms with Crippen LogP contribution in [-0.4, -0.2) is 36.3 Å². The highest BCUT2D eigenvalue weighted by Crippen LogP contribution is 2.15. The summed E-state index contributed by atoms with van der Waals surface area (Å²) in [7, 11) is 0. The number of hydrogen-bond donors (Lipinski definition) is 2. The Hall–Kier alpha value is -1.88. The number of hydrogen-bond acceptors (Lipinski definition) is 3. The zero-order chi connectivity index (χ0) is 15.9. The van der Waals surface area contributed by atoms with Gasteiger partial charge in [-0.25, -0.2) is 0 Å². The van der Waals surface area contributed by atoms with Gasteiger partial charge in [-0.2, -0.15) is 0 Å². The second-order valence-corrected chi connectivity index (χ2v) is 6.12. The van der Waals surface area contributed by atoms with Crippen molar-refractivity contribution < 1.29 is 9.59 Å². The maximum atomic E-state index is 12.0. The minimum atomic E-state index is -0.0967. The Kier molecular flexibility index (Phi) is 5.95. The van der Waals surface area contributed by atoms with Gasteiger partial charge in [0.1, 0.15) is 0 Å². The molecule has 1 aliphatic rings. The van der Waals surface area contributed by atoms with Gasteiger partial charge in [0.2, 0.25) is 11.8 Å². The zero-order valence-corrected chi connectivity index (χ0v) is 13.4. The Morgan fingerprint density at radius 3 is 2.68 bits per heavy atom. The molecular formula is C17H25N3O2. The van der Waals surface area contributed by atoms with Crippen LogP contribution in [0.2, 0.25) is 0 Å².